The van der Waals surface area contributed by atoms with E-state index in [4.69, 9.17) is 10.2 Å². The zero-order valence-corrected chi connectivity index (χ0v) is 17.3. The number of ether oxygens (including phenoxy) is 3. The number of aromatic carboxylic acids is 2. The molecule has 0 aliphatic heterocycles. The van der Waals surface area contributed by atoms with Crippen LogP contribution in [0.3, 0.4) is 0 Å². The van der Waals surface area contributed by atoms with Crippen LogP contribution >= 0.6 is 0 Å². The fourth-order valence-electron chi connectivity index (χ4n) is 2.07. The Balaban J connectivity index is 3.45. The largest absolute Gasteiger partial charge is 0.478 e. The van der Waals surface area contributed by atoms with Gasteiger partial charge in [-0.05, 0) is 18.2 Å². The topological polar surface area (TPSA) is 102 Å². The Hall–Kier alpha value is -3.24. The van der Waals surface area contributed by atoms with Gasteiger partial charge in [-0.25, -0.2) is 14.0 Å². The van der Waals surface area contributed by atoms with Gasteiger partial charge in [0.1, 0.15) is 5.75 Å². The Morgan fingerprint density at radius 1 is 0.667 bits per heavy atom. The quantitative estimate of drug-likeness (QED) is 0.295. The molecule has 0 heterocycles. The predicted molar refractivity (Wildman–Crippen MR) is 83.8 cm³/mol. The van der Waals surface area contributed by atoms with E-state index in [2.05, 4.69) is 9.47 Å². The van der Waals surface area contributed by atoms with E-state index in [1.54, 1.807) is 0 Å². The van der Waals surface area contributed by atoms with Crippen LogP contribution in [0.25, 0.3) is 0 Å². The van der Waals surface area contributed by atoms with Crippen LogP contribution in [0.15, 0.2) is 18.2 Å². The highest BCUT2D eigenvalue weighted by Crippen LogP contribution is 2.55. The monoisotopic (exact) mass is 614 g/mol. The number of halogens is 16. The molecule has 224 valence electrons. The molecule has 0 spiro atoms. The Labute approximate surface area is 201 Å². The maximum Gasteiger partial charge on any atom is 0.462 e. The molecule has 39 heavy (non-hydrogen) atoms. The molecule has 0 aliphatic rings. The molecule has 7 nitrogen and oxygen atoms in total. The zero-order chi connectivity index (χ0) is 31.2. The van der Waals surface area contributed by atoms with Gasteiger partial charge in [-0.1, -0.05) is 0 Å². The average molecular weight is 614 g/mol. The standard InChI is InChI=1S/C16H6F16O7/c17-9(10(18,19)37-6-2-4(7(33)34)1-5(3-6)8(35)36)38-16(31,32)12(22,14(26,27)28)39-15(29,30)11(20,21)13(23,24)25/h1-3,9H,(H,33,34)(H,35,36). The third-order valence-electron chi connectivity index (χ3n) is 3.90. The minimum Gasteiger partial charge on any atom is -0.478 e. The molecule has 2 unspecified atom stereocenters. The number of benzene rings is 1. The molecule has 0 saturated carbocycles. The number of hydrogen-bond donors (Lipinski definition) is 2. The van der Waals surface area contributed by atoms with Gasteiger partial charge in [-0.3, -0.25) is 9.47 Å². The van der Waals surface area contributed by atoms with Gasteiger partial charge in [0.15, 0.2) is 0 Å². The number of carboxylic acid groups (broad SMARTS) is 2. The van der Waals surface area contributed by atoms with Crippen molar-refractivity contribution in [1.29, 1.82) is 0 Å². The summed E-state index contributed by atoms with van der Waals surface area (Å²) in [7, 11) is 0. The van der Waals surface area contributed by atoms with Crippen molar-refractivity contribution in [2.75, 3.05) is 0 Å². The normalized spacial score (nSPS) is 16.4. The van der Waals surface area contributed by atoms with E-state index in [0.717, 1.165) is 0 Å². The van der Waals surface area contributed by atoms with Crippen molar-refractivity contribution < 1.29 is 104 Å². The van der Waals surface area contributed by atoms with Crippen LogP contribution in [0.5, 0.6) is 5.75 Å². The van der Waals surface area contributed by atoms with Crippen LogP contribution in [-0.2, 0) is 9.47 Å². The molecule has 0 fully saturated rings. The first-order valence-corrected chi connectivity index (χ1v) is 8.69. The van der Waals surface area contributed by atoms with Crippen LogP contribution < -0.4 is 4.74 Å². The van der Waals surface area contributed by atoms with Crippen molar-refractivity contribution >= 4 is 11.9 Å². The molecule has 0 amide bonds. The van der Waals surface area contributed by atoms with E-state index in [9.17, 15) is 79.8 Å². The summed E-state index contributed by atoms with van der Waals surface area (Å²) in [6.45, 7) is 0. The number of carbonyl (C=O) groups is 2. The minimum atomic E-state index is -7.89. The van der Waals surface area contributed by atoms with Crippen LogP contribution in [0.1, 0.15) is 20.7 Å². The van der Waals surface area contributed by atoms with Crippen LogP contribution in [-0.4, -0.2) is 71.0 Å². The van der Waals surface area contributed by atoms with Gasteiger partial charge in [0.25, 0.3) is 0 Å². The van der Waals surface area contributed by atoms with Crippen molar-refractivity contribution in [3.63, 3.8) is 0 Å². The van der Waals surface area contributed by atoms with E-state index < -0.39 is 77.6 Å². The highest BCUT2D eigenvalue weighted by atomic mass is 19.4. The Bertz CT molecular complexity index is 1050. The first-order valence-electron chi connectivity index (χ1n) is 8.69. The SMILES string of the molecule is O=C(O)c1cc(OC(F)(F)C(F)OC(F)(F)C(F)(OC(F)(F)C(F)(F)C(F)(F)F)C(F)(F)F)cc(C(=O)O)c1. The number of rotatable bonds is 11. The van der Waals surface area contributed by atoms with Gasteiger partial charge in [0.05, 0.1) is 11.1 Å². The second kappa shape index (κ2) is 10.1. The number of hydrogen-bond acceptors (Lipinski definition) is 5. The molecule has 0 saturated heterocycles. The summed E-state index contributed by atoms with van der Waals surface area (Å²) in [5.74, 6) is -21.6. The lowest BCUT2D eigenvalue weighted by atomic mass is 10.1. The summed E-state index contributed by atoms with van der Waals surface area (Å²) in [5.41, 5.74) is -2.44. The molecule has 2 N–H and O–H groups in total. The maximum absolute atomic E-state index is 14.0. The Morgan fingerprint density at radius 3 is 1.41 bits per heavy atom. The molecule has 2 atom stereocenters. The van der Waals surface area contributed by atoms with Crippen LogP contribution in [0, 0.1) is 0 Å². The average Bonchev–Trinajstić information content (AvgIpc) is 2.70. The third-order valence-corrected chi connectivity index (χ3v) is 3.90. The lowest BCUT2D eigenvalue weighted by Gasteiger charge is -2.38. The van der Waals surface area contributed by atoms with E-state index >= 15 is 0 Å². The summed E-state index contributed by atoms with van der Waals surface area (Å²) >= 11 is 0. The fraction of sp³-hybridized carbons (Fsp3) is 0.500. The highest BCUT2D eigenvalue weighted by molar-refractivity contribution is 5.94. The highest BCUT2D eigenvalue weighted by Gasteiger charge is 2.84. The number of carboxylic acids is 2. The molecular weight excluding hydrogens is 608 g/mol. The van der Waals surface area contributed by atoms with Gasteiger partial charge >= 0.3 is 60.8 Å². The predicted octanol–water partition coefficient (Wildman–Crippen LogP) is 5.99. The summed E-state index contributed by atoms with van der Waals surface area (Å²) in [5, 5.41) is 17.5. The summed E-state index contributed by atoms with van der Waals surface area (Å²) in [4.78, 5) is 21.8. The van der Waals surface area contributed by atoms with Crippen LogP contribution in [0.2, 0.25) is 0 Å². The lowest BCUT2D eigenvalue weighted by Crippen LogP contribution is -2.66. The third kappa shape index (κ3) is 6.67. The molecule has 1 rings (SSSR count). The second-order valence-electron chi connectivity index (χ2n) is 6.75. The van der Waals surface area contributed by atoms with Crippen molar-refractivity contribution in [3.05, 3.63) is 29.3 Å². The number of alkyl halides is 16. The van der Waals surface area contributed by atoms with E-state index in [1.807, 2.05) is 0 Å². The molecule has 0 bridgehead atoms. The van der Waals surface area contributed by atoms with Gasteiger partial charge in [-0.2, -0.15) is 65.9 Å². The first-order chi connectivity index (χ1) is 17.0. The zero-order valence-electron chi connectivity index (χ0n) is 17.3. The molecule has 1 aromatic rings. The first kappa shape index (κ1) is 33.8. The van der Waals surface area contributed by atoms with Crippen LogP contribution in [0.4, 0.5) is 70.2 Å². The Kier molecular flexibility index (Phi) is 8.71. The lowest BCUT2D eigenvalue weighted by molar-refractivity contribution is -0.543. The molecular formula is C16H6F16O7. The fourth-order valence-corrected chi connectivity index (χ4v) is 2.07. The Morgan fingerprint density at radius 2 is 1.08 bits per heavy atom. The van der Waals surface area contributed by atoms with Gasteiger partial charge < -0.3 is 14.9 Å². The molecule has 1 aromatic carbocycles. The van der Waals surface area contributed by atoms with Gasteiger partial charge in [0, 0.05) is 0 Å². The summed E-state index contributed by atoms with van der Waals surface area (Å²) in [6, 6.07) is 0.166. The van der Waals surface area contributed by atoms with Crippen molar-refractivity contribution in [3.8, 4) is 5.75 Å². The summed E-state index contributed by atoms with van der Waals surface area (Å²) < 4.78 is 216. The van der Waals surface area contributed by atoms with E-state index in [-0.39, 0.29) is 18.2 Å². The van der Waals surface area contributed by atoms with Gasteiger partial charge in [0.2, 0.25) is 0 Å². The molecule has 0 aromatic heterocycles. The van der Waals surface area contributed by atoms with E-state index in [1.165, 1.54) is 4.74 Å². The second-order valence-corrected chi connectivity index (χ2v) is 6.75. The minimum absolute atomic E-state index is 0.0500. The molecule has 0 aliphatic carbocycles. The smallest absolute Gasteiger partial charge is 0.462 e. The molecule has 0 radical (unpaired) electrons. The van der Waals surface area contributed by atoms with Crippen molar-refractivity contribution in [1.82, 2.24) is 0 Å². The van der Waals surface area contributed by atoms with Crippen molar-refractivity contribution in [2.45, 2.75) is 48.8 Å². The van der Waals surface area contributed by atoms with E-state index in [0.29, 0.717) is 0 Å². The van der Waals surface area contributed by atoms with Gasteiger partial charge in [-0.15, -0.1) is 0 Å². The van der Waals surface area contributed by atoms with Crippen molar-refractivity contribution in [2.24, 2.45) is 0 Å². The summed E-state index contributed by atoms with van der Waals surface area (Å²) in [6.07, 6.45) is -42.5. The molecule has 23 heteroatoms. The maximum atomic E-state index is 14.0.